The first kappa shape index (κ1) is 31.6. The van der Waals surface area contributed by atoms with Gasteiger partial charge in [-0.05, 0) is 46.2 Å². The lowest BCUT2D eigenvalue weighted by Crippen LogP contribution is -2.67. The molecule has 2 saturated heterocycles. The number of carbonyl (C=O) groups is 1. The summed E-state index contributed by atoms with van der Waals surface area (Å²) in [5.74, 6) is -0.948. The largest absolute Gasteiger partial charge is 0.496 e. The molecule has 2 aliphatic rings. The molecule has 6 rings (SSSR count). The normalized spacial score (nSPS) is 19.3. The van der Waals surface area contributed by atoms with Crippen molar-refractivity contribution >= 4 is 5.91 Å². The quantitative estimate of drug-likeness (QED) is 0.314. The molecule has 2 atom stereocenters. The first-order valence-electron chi connectivity index (χ1n) is 15.2. The van der Waals surface area contributed by atoms with Crippen molar-refractivity contribution in [3.63, 3.8) is 0 Å². The lowest BCUT2D eigenvalue weighted by Gasteiger charge is -2.53. The number of fused-ring (bicyclic) bond motifs is 1. The summed E-state index contributed by atoms with van der Waals surface area (Å²) in [4.78, 5) is 19.1. The van der Waals surface area contributed by atoms with E-state index in [1.54, 1.807) is 17.9 Å². The summed E-state index contributed by atoms with van der Waals surface area (Å²) in [6.07, 6.45) is -4.73. The predicted octanol–water partition coefficient (Wildman–Crippen LogP) is 3.52. The van der Waals surface area contributed by atoms with Crippen LogP contribution >= 0.6 is 0 Å². The molecule has 3 heterocycles. The van der Waals surface area contributed by atoms with Crippen LogP contribution in [0.3, 0.4) is 0 Å². The van der Waals surface area contributed by atoms with Gasteiger partial charge in [-0.1, -0.05) is 60.7 Å². The molecule has 0 spiro atoms. The molecule has 4 aromatic rings. The van der Waals surface area contributed by atoms with Crippen LogP contribution in [-0.4, -0.2) is 104 Å². The number of alkyl halides is 3. The molecule has 0 aliphatic carbocycles. The lowest BCUT2D eigenvalue weighted by molar-refractivity contribution is -0.146. The first-order chi connectivity index (χ1) is 22.2. The number of aliphatic hydroxyl groups excluding tert-OH is 1. The van der Waals surface area contributed by atoms with Crippen LogP contribution in [0.4, 0.5) is 13.2 Å². The van der Waals surface area contributed by atoms with Crippen molar-refractivity contribution in [2.75, 3.05) is 46.4 Å². The highest BCUT2D eigenvalue weighted by Crippen LogP contribution is 2.38. The minimum atomic E-state index is -4.73. The highest BCUT2D eigenvalue weighted by atomic mass is 19.4. The molecule has 2 aliphatic heterocycles. The Bertz CT molecular complexity index is 1610. The van der Waals surface area contributed by atoms with E-state index in [1.807, 2.05) is 36.4 Å². The Morgan fingerprint density at radius 1 is 0.978 bits per heavy atom. The summed E-state index contributed by atoms with van der Waals surface area (Å²) in [7, 11) is 1.54. The van der Waals surface area contributed by atoms with E-state index in [1.165, 1.54) is 24.3 Å². The van der Waals surface area contributed by atoms with E-state index >= 15 is 0 Å². The van der Waals surface area contributed by atoms with Crippen molar-refractivity contribution in [1.29, 1.82) is 0 Å². The first-order valence-corrected chi connectivity index (χ1v) is 15.2. The molecule has 0 radical (unpaired) electrons. The Kier molecular flexibility index (Phi) is 9.07. The van der Waals surface area contributed by atoms with Crippen LogP contribution in [0.2, 0.25) is 0 Å². The topological polar surface area (TPSA) is 99.8 Å². The molecule has 46 heavy (non-hydrogen) atoms. The van der Waals surface area contributed by atoms with Gasteiger partial charge in [0.15, 0.2) is 0 Å². The fraction of sp³-hybridized carbons (Fsp3) is 0.394. The number of halogens is 3. The van der Waals surface area contributed by atoms with Gasteiger partial charge in [-0.25, -0.2) is 0 Å². The van der Waals surface area contributed by atoms with Crippen LogP contribution in [0.25, 0.3) is 5.69 Å². The third-order valence-corrected chi connectivity index (χ3v) is 9.14. The third-order valence-electron chi connectivity index (χ3n) is 9.14. The van der Waals surface area contributed by atoms with Gasteiger partial charge < -0.3 is 14.7 Å². The van der Waals surface area contributed by atoms with Gasteiger partial charge in [0.05, 0.1) is 12.8 Å². The summed E-state index contributed by atoms with van der Waals surface area (Å²) in [6, 6.07) is 23.8. The summed E-state index contributed by atoms with van der Waals surface area (Å²) in [6.45, 7) is 4.49. The van der Waals surface area contributed by atoms with Gasteiger partial charge in [-0.3, -0.25) is 14.6 Å². The molecule has 2 fully saturated rings. The summed E-state index contributed by atoms with van der Waals surface area (Å²) < 4.78 is 47.7. The fourth-order valence-electron chi connectivity index (χ4n) is 7.01. The van der Waals surface area contributed by atoms with Gasteiger partial charge in [0.2, 0.25) is 5.91 Å². The fourth-order valence-corrected chi connectivity index (χ4v) is 7.01. The van der Waals surface area contributed by atoms with E-state index in [9.17, 15) is 23.1 Å². The van der Waals surface area contributed by atoms with Crippen molar-refractivity contribution in [2.24, 2.45) is 0 Å². The molecule has 1 amide bonds. The number of methoxy groups -OCH3 is 1. The second-order valence-electron chi connectivity index (χ2n) is 11.8. The zero-order valence-corrected chi connectivity index (χ0v) is 25.6. The third kappa shape index (κ3) is 6.22. The van der Waals surface area contributed by atoms with E-state index in [4.69, 9.17) is 4.74 Å². The number of nitrogens with zero attached hydrogens (tertiary/aromatic N) is 7. The Balaban J connectivity index is 1.40. The van der Waals surface area contributed by atoms with Gasteiger partial charge in [-0.15, -0.1) is 5.10 Å². The predicted molar refractivity (Wildman–Crippen MR) is 163 cm³/mol. The molecular formula is C33H36F3N7O3. The van der Waals surface area contributed by atoms with Crippen LogP contribution in [0.1, 0.15) is 34.0 Å². The summed E-state index contributed by atoms with van der Waals surface area (Å²) in [5, 5.41) is 19.8. The van der Waals surface area contributed by atoms with Gasteiger partial charge in [0.1, 0.15) is 12.4 Å². The van der Waals surface area contributed by atoms with E-state index in [-0.39, 0.29) is 29.6 Å². The summed E-state index contributed by atoms with van der Waals surface area (Å²) >= 11 is 0. The van der Waals surface area contributed by atoms with Gasteiger partial charge in [0.25, 0.3) is 5.82 Å². The Morgan fingerprint density at radius 2 is 1.65 bits per heavy atom. The highest BCUT2D eigenvalue weighted by molar-refractivity contribution is 5.77. The van der Waals surface area contributed by atoms with Gasteiger partial charge >= 0.3 is 6.18 Å². The van der Waals surface area contributed by atoms with E-state index < -0.39 is 18.6 Å². The molecule has 3 aromatic carbocycles. The zero-order chi connectivity index (χ0) is 32.4. The lowest BCUT2D eigenvalue weighted by atomic mass is 9.81. The number of hydrogen-bond acceptors (Lipinski definition) is 8. The van der Waals surface area contributed by atoms with E-state index in [0.717, 1.165) is 10.2 Å². The number of amides is 1. The highest BCUT2D eigenvalue weighted by Gasteiger charge is 2.43. The smallest absolute Gasteiger partial charge is 0.453 e. The number of tetrazole rings is 1. The second-order valence-corrected chi connectivity index (χ2v) is 11.8. The van der Waals surface area contributed by atoms with E-state index in [2.05, 4.69) is 49.6 Å². The number of ether oxygens (including phenoxy) is 1. The number of benzene rings is 3. The molecule has 0 unspecified atom stereocenters. The Labute approximate surface area is 265 Å². The number of aliphatic hydroxyl groups is 1. The molecule has 1 aromatic heterocycles. The summed E-state index contributed by atoms with van der Waals surface area (Å²) in [5.41, 5.74) is 3.85. The number of piperazine rings is 2. The minimum Gasteiger partial charge on any atom is -0.496 e. The van der Waals surface area contributed by atoms with Crippen LogP contribution in [0.15, 0.2) is 72.8 Å². The second kappa shape index (κ2) is 13.2. The van der Waals surface area contributed by atoms with Crippen molar-refractivity contribution in [3.8, 4) is 11.4 Å². The SMILES string of the molecule is COc1ccc(-n2nnnc2C(F)(F)F)c(C)c1CN1C[C@@H]2CN(C(=O)CO)CCN2[C@H](C(c2ccccc2)c2ccccc2)C1. The minimum absolute atomic E-state index is 0.0117. The van der Waals surface area contributed by atoms with Crippen LogP contribution in [0.5, 0.6) is 5.75 Å². The molecule has 10 nitrogen and oxygen atoms in total. The Morgan fingerprint density at radius 3 is 2.26 bits per heavy atom. The van der Waals surface area contributed by atoms with Crippen LogP contribution < -0.4 is 4.74 Å². The molecule has 1 N–H and O–H groups in total. The number of aromatic nitrogens is 4. The monoisotopic (exact) mass is 635 g/mol. The van der Waals surface area contributed by atoms with Crippen molar-refractivity contribution < 1.29 is 27.8 Å². The maximum Gasteiger partial charge on any atom is 0.453 e. The molecule has 242 valence electrons. The maximum atomic E-state index is 13.7. The van der Waals surface area contributed by atoms with Crippen LogP contribution in [0, 0.1) is 6.92 Å². The number of hydrogen-bond donors (Lipinski definition) is 1. The number of rotatable bonds is 8. The maximum absolute atomic E-state index is 13.7. The Hall–Kier alpha value is -4.33. The molecular weight excluding hydrogens is 599 g/mol. The average molecular weight is 636 g/mol. The molecule has 13 heteroatoms. The van der Waals surface area contributed by atoms with Gasteiger partial charge in [-0.2, -0.15) is 17.9 Å². The van der Waals surface area contributed by atoms with E-state index in [0.29, 0.717) is 50.6 Å². The van der Waals surface area contributed by atoms with Crippen molar-refractivity contribution in [3.05, 3.63) is 101 Å². The standard InChI is InChI=1S/C33H36F3N7O3/c1-22-26(29(46-2)14-13-27(22)43-32(33(34,35)36)37-38-39-43)19-40-17-25-18-41(30(45)21-44)15-16-42(25)28(20-40)31(23-9-5-3-6-10-23)24-11-7-4-8-12-24/h3-14,25,28,31,44H,15-21H2,1-2H3/t25-,28+/m1/s1. The van der Waals surface area contributed by atoms with Gasteiger partial charge in [0, 0.05) is 62.8 Å². The van der Waals surface area contributed by atoms with Crippen molar-refractivity contribution in [2.45, 2.75) is 37.6 Å². The molecule has 0 bridgehead atoms. The van der Waals surface area contributed by atoms with Crippen molar-refractivity contribution in [1.82, 2.24) is 34.9 Å². The number of carbonyl (C=O) groups excluding carboxylic acids is 1. The zero-order valence-electron chi connectivity index (χ0n) is 25.6. The van der Waals surface area contributed by atoms with Crippen LogP contribution in [-0.2, 0) is 17.5 Å². The average Bonchev–Trinajstić information content (AvgIpc) is 3.57. The molecule has 0 saturated carbocycles.